The Balaban J connectivity index is 2.62. The number of allylic oxidation sites excluding steroid dienone is 12. The van der Waals surface area contributed by atoms with Gasteiger partial charge >= 0.3 is 27.6 Å². The zero-order valence-electron chi connectivity index (χ0n) is 41.5. The van der Waals surface area contributed by atoms with Crippen molar-refractivity contribution in [3.05, 3.63) is 85.1 Å². The summed E-state index contributed by atoms with van der Waals surface area (Å²) in [6, 6.07) is 0. The standard InChI is InChI=1S/C51H86O17P2/c1-3-5-7-9-11-12-13-14-15-16-17-18-19-20-21-22-27-31-35-39-45(54)66-43(41-65-70(62,63)68-51-48(57)46(55)47(56)50(49(51)58)67-69(59,60)61)40-64-44(53)38-34-30-26-24-23-25-29-33-37-42(52)36-32-28-10-8-6-4-2/h6,8,11-12,14-15,24-26,28-29,32-33,37,42-43,46-52,55-58H,3-5,7,9-10,13,16-23,27,30-31,34-36,38-41H2,1-2H3,(H,62,63)(H2,59,60,61)/b8-6-,12-11-,15-14-,26-24-,29-25-,32-28-,37-33+/t42?,43-,46?,47?,48?,49?,50-,51+/m1/s1. The van der Waals surface area contributed by atoms with Gasteiger partial charge in [-0.3, -0.25) is 23.2 Å². The molecule has 0 bridgehead atoms. The molecule has 0 radical (unpaired) electrons. The summed E-state index contributed by atoms with van der Waals surface area (Å²) in [5, 5.41) is 51.3. The van der Waals surface area contributed by atoms with Gasteiger partial charge in [0.25, 0.3) is 0 Å². The highest BCUT2D eigenvalue weighted by Crippen LogP contribution is 2.49. The molecule has 1 fully saturated rings. The lowest BCUT2D eigenvalue weighted by Crippen LogP contribution is -2.64. The van der Waals surface area contributed by atoms with Crippen LogP contribution in [-0.4, -0.2) is 114 Å². The highest BCUT2D eigenvalue weighted by atomic mass is 31.2. The van der Waals surface area contributed by atoms with Gasteiger partial charge < -0.3 is 49.7 Å². The van der Waals surface area contributed by atoms with Crippen LogP contribution in [0.3, 0.4) is 0 Å². The van der Waals surface area contributed by atoms with E-state index in [4.69, 9.17) is 18.5 Å². The largest absolute Gasteiger partial charge is 0.472 e. The number of unbranched alkanes of at least 4 members (excludes halogenated alkanes) is 13. The van der Waals surface area contributed by atoms with E-state index >= 15 is 0 Å². The maximum Gasteiger partial charge on any atom is 0.472 e. The molecule has 1 aliphatic carbocycles. The third-order valence-electron chi connectivity index (χ3n) is 11.0. The molecular weight excluding hydrogens is 946 g/mol. The molecule has 0 aromatic rings. The van der Waals surface area contributed by atoms with Crippen molar-refractivity contribution in [2.75, 3.05) is 13.2 Å². The number of carbonyl (C=O) groups is 2. The van der Waals surface area contributed by atoms with Crippen LogP contribution < -0.4 is 0 Å². The molecule has 0 aliphatic heterocycles. The second-order valence-electron chi connectivity index (χ2n) is 17.3. The molecule has 0 aromatic heterocycles. The Hall–Kier alpha value is -2.86. The van der Waals surface area contributed by atoms with E-state index < -0.39 is 89.6 Å². The van der Waals surface area contributed by atoms with E-state index in [0.717, 1.165) is 64.2 Å². The van der Waals surface area contributed by atoms with Crippen molar-refractivity contribution in [3.63, 3.8) is 0 Å². The number of hydrogen-bond donors (Lipinski definition) is 8. The molecule has 9 atom stereocenters. The van der Waals surface area contributed by atoms with E-state index in [-0.39, 0.29) is 12.8 Å². The van der Waals surface area contributed by atoms with E-state index in [1.54, 1.807) is 12.2 Å². The molecule has 0 saturated heterocycles. The fraction of sp³-hybridized carbons (Fsp3) is 0.686. The Morgan fingerprint density at radius 3 is 1.66 bits per heavy atom. The van der Waals surface area contributed by atoms with E-state index in [1.165, 1.54) is 38.5 Å². The predicted molar refractivity (Wildman–Crippen MR) is 270 cm³/mol. The smallest absolute Gasteiger partial charge is 0.462 e. The van der Waals surface area contributed by atoms with Crippen LogP contribution in [0.2, 0.25) is 0 Å². The molecule has 6 unspecified atom stereocenters. The number of esters is 2. The van der Waals surface area contributed by atoms with Crippen molar-refractivity contribution in [1.82, 2.24) is 0 Å². The molecule has 402 valence electrons. The summed E-state index contributed by atoms with van der Waals surface area (Å²) in [6.45, 7) is 2.85. The highest BCUT2D eigenvalue weighted by Gasteiger charge is 2.54. The Morgan fingerprint density at radius 2 is 1.06 bits per heavy atom. The number of phosphoric ester groups is 2. The minimum Gasteiger partial charge on any atom is -0.462 e. The van der Waals surface area contributed by atoms with Crippen LogP contribution in [0.15, 0.2) is 85.1 Å². The maximum absolute atomic E-state index is 13.0. The zero-order chi connectivity index (χ0) is 51.9. The fourth-order valence-electron chi connectivity index (χ4n) is 7.12. The maximum atomic E-state index is 13.0. The number of ether oxygens (including phenoxy) is 2. The summed E-state index contributed by atoms with van der Waals surface area (Å²) in [5.74, 6) is -1.32. The second-order valence-corrected chi connectivity index (χ2v) is 19.9. The summed E-state index contributed by atoms with van der Waals surface area (Å²) in [7, 11) is -10.7. The number of phosphoric acid groups is 2. The van der Waals surface area contributed by atoms with Crippen LogP contribution in [0.5, 0.6) is 0 Å². The Bertz CT molecular complexity index is 1690. The molecule has 1 saturated carbocycles. The van der Waals surface area contributed by atoms with E-state index in [0.29, 0.717) is 32.1 Å². The molecule has 0 spiro atoms. The molecular formula is C51H86O17P2. The monoisotopic (exact) mass is 1030 g/mol. The summed E-state index contributed by atoms with van der Waals surface area (Å²) < 4.78 is 49.4. The second kappa shape index (κ2) is 40.6. The predicted octanol–water partition coefficient (Wildman–Crippen LogP) is 9.15. The molecule has 8 N–H and O–H groups in total. The van der Waals surface area contributed by atoms with Crippen molar-refractivity contribution in [1.29, 1.82) is 0 Å². The lowest BCUT2D eigenvalue weighted by Gasteiger charge is -2.43. The first-order chi connectivity index (χ1) is 33.5. The van der Waals surface area contributed by atoms with Gasteiger partial charge in [-0.2, -0.15) is 0 Å². The lowest BCUT2D eigenvalue weighted by molar-refractivity contribution is -0.216. The van der Waals surface area contributed by atoms with Gasteiger partial charge in [-0.15, -0.1) is 0 Å². The Labute approximate surface area is 416 Å². The average molecular weight is 1030 g/mol. The van der Waals surface area contributed by atoms with Gasteiger partial charge in [0, 0.05) is 12.8 Å². The first-order valence-corrected chi connectivity index (χ1v) is 28.3. The topological polar surface area (TPSA) is 276 Å². The zero-order valence-corrected chi connectivity index (χ0v) is 43.3. The summed E-state index contributed by atoms with van der Waals surface area (Å²) in [5.41, 5.74) is 0. The van der Waals surface area contributed by atoms with Crippen molar-refractivity contribution in [2.24, 2.45) is 0 Å². The van der Waals surface area contributed by atoms with Crippen molar-refractivity contribution >= 4 is 27.6 Å². The summed E-state index contributed by atoms with van der Waals surface area (Å²) in [6.07, 6.45) is 32.7. The minimum absolute atomic E-state index is 0.00542. The van der Waals surface area contributed by atoms with Gasteiger partial charge in [0.15, 0.2) is 6.10 Å². The summed E-state index contributed by atoms with van der Waals surface area (Å²) in [4.78, 5) is 54.4. The minimum atomic E-state index is -5.38. The van der Waals surface area contributed by atoms with Crippen LogP contribution in [0.25, 0.3) is 0 Å². The molecule has 1 aliphatic rings. The van der Waals surface area contributed by atoms with E-state index in [2.05, 4.69) is 54.8 Å². The molecule has 0 aromatic carbocycles. The average Bonchev–Trinajstić information content (AvgIpc) is 3.31. The fourth-order valence-corrected chi connectivity index (χ4v) is 8.66. The lowest BCUT2D eigenvalue weighted by atomic mass is 9.85. The van der Waals surface area contributed by atoms with Gasteiger partial charge in [0.2, 0.25) is 0 Å². The van der Waals surface area contributed by atoms with Gasteiger partial charge in [0.05, 0.1) is 12.7 Å². The van der Waals surface area contributed by atoms with Gasteiger partial charge in [0.1, 0.15) is 43.2 Å². The molecule has 0 amide bonds. The Kier molecular flexibility index (Phi) is 37.8. The summed E-state index contributed by atoms with van der Waals surface area (Å²) >= 11 is 0. The van der Waals surface area contributed by atoms with Crippen LogP contribution in [-0.2, 0) is 41.8 Å². The molecule has 19 heteroatoms. The quantitative estimate of drug-likeness (QED) is 0.00932. The van der Waals surface area contributed by atoms with E-state index in [9.17, 15) is 58.9 Å². The molecule has 70 heavy (non-hydrogen) atoms. The van der Waals surface area contributed by atoms with Crippen molar-refractivity contribution < 1.29 is 82.0 Å². The molecule has 0 heterocycles. The number of hydrogen-bond acceptors (Lipinski definition) is 14. The molecule has 1 rings (SSSR count). The highest BCUT2D eigenvalue weighted by molar-refractivity contribution is 7.47. The van der Waals surface area contributed by atoms with Crippen LogP contribution in [0.4, 0.5) is 0 Å². The van der Waals surface area contributed by atoms with Gasteiger partial charge in [-0.1, -0.05) is 157 Å². The van der Waals surface area contributed by atoms with Crippen molar-refractivity contribution in [3.8, 4) is 0 Å². The first-order valence-electron chi connectivity index (χ1n) is 25.2. The van der Waals surface area contributed by atoms with Crippen LogP contribution in [0, 0.1) is 0 Å². The number of carbonyl (C=O) groups excluding carboxylic acids is 2. The third-order valence-corrected chi connectivity index (χ3v) is 12.5. The Morgan fingerprint density at radius 1 is 0.543 bits per heavy atom. The SMILES string of the molecule is CC/C=C\C/C=C\CC(O)/C=C/C=C\C/C=C\CCCC(=O)OC[C@H](COP(=O)(O)O[C@H]1C(O)C(O)C(O)[C@@H](OP(=O)(O)O)C1O)OC(=O)CCCCCCCCCCC/C=C\C/C=C\CCCCC. The van der Waals surface area contributed by atoms with Gasteiger partial charge in [-0.25, -0.2) is 9.13 Å². The number of rotatable bonds is 41. The number of aliphatic hydroxyl groups is 5. The van der Waals surface area contributed by atoms with Gasteiger partial charge in [-0.05, 0) is 77.0 Å². The first kappa shape index (κ1) is 65.2. The van der Waals surface area contributed by atoms with E-state index in [1.807, 2.05) is 36.5 Å². The normalized spacial score (nSPS) is 22.1. The van der Waals surface area contributed by atoms with Crippen LogP contribution >= 0.6 is 15.6 Å². The van der Waals surface area contributed by atoms with Crippen LogP contribution in [0.1, 0.15) is 162 Å². The number of aliphatic hydroxyl groups excluding tert-OH is 5. The third kappa shape index (κ3) is 34.5. The van der Waals surface area contributed by atoms with Crippen molar-refractivity contribution in [2.45, 2.75) is 210 Å². The molecule has 17 nitrogen and oxygen atoms in total.